The van der Waals surface area contributed by atoms with Crippen LogP contribution in [0.25, 0.3) is 0 Å². The molecule has 0 radical (unpaired) electrons. The van der Waals surface area contributed by atoms with Crippen LogP contribution in [0.2, 0.25) is 0 Å². The van der Waals surface area contributed by atoms with Gasteiger partial charge in [0, 0.05) is 0 Å². The third-order valence-corrected chi connectivity index (χ3v) is 8.34. The second-order valence-electron chi connectivity index (χ2n) is 10.9. The molecule has 1 atom stereocenters. The van der Waals surface area contributed by atoms with Crippen LogP contribution >= 0.6 is 0 Å². The summed E-state index contributed by atoms with van der Waals surface area (Å²) >= 11 is 0. The molecule has 1 aromatic carbocycles. The van der Waals surface area contributed by atoms with Crippen molar-refractivity contribution in [3.8, 4) is 0 Å². The highest BCUT2D eigenvalue weighted by atomic mass is 14.3. The van der Waals surface area contributed by atoms with Gasteiger partial charge in [-0.3, -0.25) is 0 Å². The van der Waals surface area contributed by atoms with Crippen molar-refractivity contribution >= 4 is 0 Å². The summed E-state index contributed by atoms with van der Waals surface area (Å²) in [7, 11) is 0. The quantitative estimate of drug-likeness (QED) is 0.219. The molecule has 0 bridgehead atoms. The van der Waals surface area contributed by atoms with Gasteiger partial charge in [0.2, 0.25) is 0 Å². The molecular formula is C31H50. The van der Waals surface area contributed by atoms with Gasteiger partial charge in [0.15, 0.2) is 0 Å². The number of unbranched alkanes of at least 4 members (excludes halogenated alkanes) is 3. The first-order valence-electron chi connectivity index (χ1n) is 14.0. The molecule has 0 heteroatoms. The molecule has 0 amide bonds. The fraction of sp³-hybridized carbons (Fsp3) is 0.742. The molecule has 31 heavy (non-hydrogen) atoms. The van der Waals surface area contributed by atoms with Crippen LogP contribution in [0, 0.1) is 17.8 Å². The second-order valence-corrected chi connectivity index (χ2v) is 10.9. The normalized spacial score (nSPS) is 24.2. The minimum Gasteiger partial charge on any atom is -0.0850 e. The zero-order valence-corrected chi connectivity index (χ0v) is 20.8. The van der Waals surface area contributed by atoms with E-state index in [0.717, 1.165) is 17.8 Å². The average Bonchev–Trinajstić information content (AvgIpc) is 2.82. The summed E-state index contributed by atoms with van der Waals surface area (Å²) in [6, 6.07) is 9.53. The topological polar surface area (TPSA) is 0 Å². The summed E-state index contributed by atoms with van der Waals surface area (Å²) in [4.78, 5) is 0. The number of aryl methyl sites for hydroxylation is 2. The molecule has 1 saturated carbocycles. The summed E-state index contributed by atoms with van der Waals surface area (Å²) < 4.78 is 0. The molecular weight excluding hydrogens is 372 g/mol. The Kier molecular flexibility index (Phi) is 11.3. The van der Waals surface area contributed by atoms with Gasteiger partial charge in [-0.05, 0) is 80.2 Å². The summed E-state index contributed by atoms with van der Waals surface area (Å²) in [6.45, 7) is 4.64. The Balaban J connectivity index is 1.29. The van der Waals surface area contributed by atoms with Crippen LogP contribution in [0.3, 0.4) is 0 Å². The van der Waals surface area contributed by atoms with Gasteiger partial charge in [-0.2, -0.15) is 0 Å². The molecule has 3 rings (SSSR count). The Hall–Kier alpha value is -1.04. The largest absolute Gasteiger partial charge is 0.0850 e. The zero-order valence-electron chi connectivity index (χ0n) is 20.8. The molecule has 2 aliphatic rings. The number of hydrogen-bond acceptors (Lipinski definition) is 0. The maximum Gasteiger partial charge on any atom is -0.0241 e. The van der Waals surface area contributed by atoms with E-state index in [1.807, 2.05) is 0 Å². The van der Waals surface area contributed by atoms with Gasteiger partial charge in [-0.15, -0.1) is 0 Å². The van der Waals surface area contributed by atoms with E-state index >= 15 is 0 Å². The van der Waals surface area contributed by atoms with Crippen molar-refractivity contribution in [1.82, 2.24) is 0 Å². The van der Waals surface area contributed by atoms with Crippen LogP contribution < -0.4 is 0 Å². The lowest BCUT2D eigenvalue weighted by Gasteiger charge is -2.30. The summed E-state index contributed by atoms with van der Waals surface area (Å²) in [5, 5.41) is 0. The van der Waals surface area contributed by atoms with Gasteiger partial charge in [-0.25, -0.2) is 0 Å². The number of rotatable bonds is 13. The fourth-order valence-electron chi connectivity index (χ4n) is 6.05. The van der Waals surface area contributed by atoms with Crippen LogP contribution in [0.5, 0.6) is 0 Å². The molecule has 174 valence electrons. The van der Waals surface area contributed by atoms with Crippen LogP contribution in [0.15, 0.2) is 35.9 Å². The predicted octanol–water partition coefficient (Wildman–Crippen LogP) is 9.86. The van der Waals surface area contributed by atoms with Gasteiger partial charge < -0.3 is 0 Å². The van der Waals surface area contributed by atoms with Gasteiger partial charge >= 0.3 is 0 Å². The van der Waals surface area contributed by atoms with Gasteiger partial charge in [0.1, 0.15) is 0 Å². The van der Waals surface area contributed by atoms with E-state index in [0.29, 0.717) is 0 Å². The van der Waals surface area contributed by atoms with Crippen molar-refractivity contribution in [2.24, 2.45) is 17.8 Å². The summed E-state index contributed by atoms with van der Waals surface area (Å²) in [5.74, 6) is 3.08. The molecule has 2 aliphatic carbocycles. The number of allylic oxidation sites excluding steroid dienone is 2. The van der Waals surface area contributed by atoms with Crippen molar-refractivity contribution in [3.63, 3.8) is 0 Å². The Labute approximate surface area is 194 Å². The maximum atomic E-state index is 2.62. The summed E-state index contributed by atoms with van der Waals surface area (Å²) in [5.41, 5.74) is 4.79. The van der Waals surface area contributed by atoms with Crippen LogP contribution in [0.4, 0.5) is 0 Å². The first-order chi connectivity index (χ1) is 15.3. The number of hydrogen-bond donors (Lipinski definition) is 0. The van der Waals surface area contributed by atoms with Crippen molar-refractivity contribution in [1.29, 1.82) is 0 Å². The van der Waals surface area contributed by atoms with E-state index in [4.69, 9.17) is 0 Å². The average molecular weight is 423 g/mol. The minimum atomic E-state index is 0.976. The van der Waals surface area contributed by atoms with Gasteiger partial charge in [0.25, 0.3) is 0 Å². The van der Waals surface area contributed by atoms with Gasteiger partial charge in [0.05, 0.1) is 0 Å². The molecule has 1 unspecified atom stereocenters. The molecule has 0 heterocycles. The Bertz CT molecular complexity index is 614. The fourth-order valence-corrected chi connectivity index (χ4v) is 6.05. The molecule has 1 fully saturated rings. The summed E-state index contributed by atoms with van der Waals surface area (Å²) in [6.07, 6.45) is 28.0. The minimum absolute atomic E-state index is 0.976. The third kappa shape index (κ3) is 9.15. The van der Waals surface area contributed by atoms with Crippen LogP contribution in [0.1, 0.15) is 128 Å². The highest BCUT2D eigenvalue weighted by Crippen LogP contribution is 2.36. The Morgan fingerprint density at radius 3 is 1.87 bits per heavy atom. The lowest BCUT2D eigenvalue weighted by molar-refractivity contribution is 0.236. The molecule has 0 aromatic heterocycles. The van der Waals surface area contributed by atoms with Crippen LogP contribution in [-0.4, -0.2) is 0 Å². The van der Waals surface area contributed by atoms with Gasteiger partial charge in [-0.1, -0.05) is 114 Å². The van der Waals surface area contributed by atoms with Crippen molar-refractivity contribution in [2.45, 2.75) is 129 Å². The smallest absolute Gasteiger partial charge is 0.0241 e. The lowest BCUT2D eigenvalue weighted by atomic mass is 9.76. The Morgan fingerprint density at radius 1 is 0.613 bits per heavy atom. The molecule has 0 nitrogen and oxygen atoms in total. The van der Waals surface area contributed by atoms with E-state index in [2.05, 4.69) is 44.2 Å². The van der Waals surface area contributed by atoms with E-state index in [1.165, 1.54) is 127 Å². The van der Waals surface area contributed by atoms with Crippen molar-refractivity contribution < 1.29 is 0 Å². The van der Waals surface area contributed by atoms with E-state index in [9.17, 15) is 0 Å². The highest BCUT2D eigenvalue weighted by molar-refractivity contribution is 5.23. The Morgan fingerprint density at radius 2 is 1.26 bits per heavy atom. The highest BCUT2D eigenvalue weighted by Gasteiger charge is 2.22. The first-order valence-corrected chi connectivity index (χ1v) is 14.0. The van der Waals surface area contributed by atoms with Crippen molar-refractivity contribution in [3.05, 3.63) is 47.0 Å². The molecule has 0 N–H and O–H groups in total. The molecule has 0 saturated heterocycles. The van der Waals surface area contributed by atoms with E-state index in [1.54, 1.807) is 5.57 Å². The second kappa shape index (κ2) is 14.2. The predicted molar refractivity (Wildman–Crippen MR) is 138 cm³/mol. The zero-order chi connectivity index (χ0) is 21.7. The SMILES string of the molecule is CCCCCCc1ccc(CCC2=CCC(CCC3CCC(CCC)CC3)CC2)cc1. The number of benzene rings is 1. The van der Waals surface area contributed by atoms with E-state index < -0.39 is 0 Å². The maximum absolute atomic E-state index is 2.62. The van der Waals surface area contributed by atoms with Crippen LogP contribution in [-0.2, 0) is 12.8 Å². The lowest BCUT2D eigenvalue weighted by Crippen LogP contribution is -2.16. The first kappa shape index (κ1) is 24.6. The standard InChI is InChI=1S/C31H50/c1-3-5-6-7-9-27-12-16-29(17-13-27)19-21-31-24-22-30(23-25-31)20-18-28-14-10-26(8-4-2)11-15-28/h12-13,16-17,24,26,28,30H,3-11,14-15,18-23,25H2,1-2H3. The van der Waals surface area contributed by atoms with Crippen molar-refractivity contribution in [2.75, 3.05) is 0 Å². The molecule has 0 spiro atoms. The van der Waals surface area contributed by atoms with E-state index in [-0.39, 0.29) is 0 Å². The molecule has 1 aromatic rings. The third-order valence-electron chi connectivity index (χ3n) is 8.34. The monoisotopic (exact) mass is 422 g/mol. The molecule has 0 aliphatic heterocycles.